The molecular weight excluding hydrogens is 326 g/mol. The van der Waals surface area contributed by atoms with E-state index in [0.717, 1.165) is 18.5 Å². The Morgan fingerprint density at radius 1 is 1.42 bits per heavy atom. The van der Waals surface area contributed by atoms with Crippen molar-refractivity contribution in [2.24, 2.45) is 0 Å². The number of carbonyl (C=O) groups excluding carboxylic acids is 1. The summed E-state index contributed by atoms with van der Waals surface area (Å²) in [4.78, 5) is 14.6. The molecule has 2 heterocycles. The quantitative estimate of drug-likeness (QED) is 0.561. The van der Waals surface area contributed by atoms with E-state index < -0.39 is 0 Å². The van der Waals surface area contributed by atoms with Gasteiger partial charge in [-0.25, -0.2) is 4.68 Å². The zero-order valence-corrected chi connectivity index (χ0v) is 14.7. The molecule has 8 heteroatoms. The Bertz CT molecular complexity index is 705. The summed E-state index contributed by atoms with van der Waals surface area (Å²) in [6.07, 6.45) is 1.74. The highest BCUT2D eigenvalue weighted by molar-refractivity contribution is 7.99. The number of aryl methyl sites for hydroxylation is 1. The largest absolute Gasteiger partial charge is 0.385 e. The van der Waals surface area contributed by atoms with Gasteiger partial charge in [-0.1, -0.05) is 30.0 Å². The van der Waals surface area contributed by atoms with Crippen LogP contribution in [0.5, 0.6) is 0 Å². The molecule has 1 aromatic carbocycles. The maximum Gasteiger partial charge on any atom is 0.237 e. The minimum atomic E-state index is 0.0869. The predicted molar refractivity (Wildman–Crippen MR) is 92.1 cm³/mol. The Labute approximate surface area is 145 Å². The van der Waals surface area contributed by atoms with Crippen molar-refractivity contribution in [1.29, 1.82) is 0 Å². The number of aromatic nitrogens is 4. The lowest BCUT2D eigenvalue weighted by Crippen LogP contribution is -2.37. The van der Waals surface area contributed by atoms with Gasteiger partial charge in [0, 0.05) is 32.0 Å². The van der Waals surface area contributed by atoms with E-state index in [1.807, 2.05) is 23.1 Å². The van der Waals surface area contributed by atoms with Gasteiger partial charge in [0.15, 0.2) is 0 Å². The molecule has 0 fully saturated rings. The summed E-state index contributed by atoms with van der Waals surface area (Å²) >= 11 is 1.38. The molecule has 3 rings (SSSR count). The van der Waals surface area contributed by atoms with Gasteiger partial charge in [-0.15, -0.1) is 5.10 Å². The van der Waals surface area contributed by atoms with Crippen molar-refractivity contribution < 1.29 is 9.53 Å². The Kier molecular flexibility index (Phi) is 5.47. The lowest BCUT2D eigenvalue weighted by atomic mass is 10.1. The number of para-hydroxylation sites is 1. The van der Waals surface area contributed by atoms with Crippen molar-refractivity contribution in [2.45, 2.75) is 37.5 Å². The number of carbonyl (C=O) groups is 1. The molecule has 128 valence electrons. The van der Waals surface area contributed by atoms with Crippen molar-refractivity contribution in [3.63, 3.8) is 0 Å². The molecule has 0 saturated carbocycles. The molecule has 0 aliphatic carbocycles. The van der Waals surface area contributed by atoms with Crippen LogP contribution in [0.1, 0.15) is 18.9 Å². The first kappa shape index (κ1) is 16.9. The van der Waals surface area contributed by atoms with E-state index >= 15 is 0 Å². The molecule has 0 saturated heterocycles. The van der Waals surface area contributed by atoms with Crippen molar-refractivity contribution in [3.05, 3.63) is 29.8 Å². The molecule has 0 spiro atoms. The van der Waals surface area contributed by atoms with Crippen LogP contribution in [0, 0.1) is 0 Å². The molecule has 1 amide bonds. The third-order valence-electron chi connectivity index (χ3n) is 4.02. The first-order valence-electron chi connectivity index (χ1n) is 7.98. The first-order valence-corrected chi connectivity index (χ1v) is 8.97. The van der Waals surface area contributed by atoms with Gasteiger partial charge >= 0.3 is 0 Å². The highest BCUT2D eigenvalue weighted by atomic mass is 32.2. The molecule has 24 heavy (non-hydrogen) atoms. The number of anilines is 1. The maximum atomic E-state index is 12.7. The molecule has 1 aliphatic heterocycles. The van der Waals surface area contributed by atoms with Crippen LogP contribution in [-0.4, -0.2) is 51.6 Å². The third-order valence-corrected chi connectivity index (χ3v) is 4.96. The van der Waals surface area contributed by atoms with Crippen LogP contribution in [0.2, 0.25) is 0 Å². The number of amides is 1. The second-order valence-electron chi connectivity index (χ2n) is 5.77. The smallest absolute Gasteiger partial charge is 0.237 e. The van der Waals surface area contributed by atoms with Gasteiger partial charge in [0.25, 0.3) is 0 Å². The molecule has 0 radical (unpaired) electrons. The Morgan fingerprint density at radius 2 is 2.25 bits per heavy atom. The SMILES string of the molecule is COCCCn1nnnc1SCC(=O)N1c2ccccc2C[C@H]1C. The van der Waals surface area contributed by atoms with E-state index in [-0.39, 0.29) is 11.9 Å². The maximum absolute atomic E-state index is 12.7. The molecular formula is C16H21N5O2S. The van der Waals surface area contributed by atoms with E-state index in [4.69, 9.17) is 4.74 Å². The summed E-state index contributed by atoms with van der Waals surface area (Å²) in [5.41, 5.74) is 2.25. The van der Waals surface area contributed by atoms with Crippen LogP contribution in [-0.2, 0) is 22.5 Å². The summed E-state index contributed by atoms with van der Waals surface area (Å²) in [7, 11) is 1.67. The number of nitrogens with zero attached hydrogens (tertiary/aromatic N) is 5. The molecule has 1 aromatic heterocycles. The Morgan fingerprint density at radius 3 is 3.08 bits per heavy atom. The molecule has 2 aromatic rings. The Hall–Kier alpha value is -1.93. The van der Waals surface area contributed by atoms with Crippen LogP contribution in [0.4, 0.5) is 5.69 Å². The van der Waals surface area contributed by atoms with Crippen LogP contribution in [0.25, 0.3) is 0 Å². The summed E-state index contributed by atoms with van der Waals surface area (Å²) in [6.45, 7) is 3.42. The number of hydrogen-bond acceptors (Lipinski definition) is 6. The van der Waals surface area contributed by atoms with Crippen LogP contribution in [0.3, 0.4) is 0 Å². The molecule has 1 atom stereocenters. The first-order chi connectivity index (χ1) is 11.7. The van der Waals surface area contributed by atoms with E-state index in [9.17, 15) is 4.79 Å². The second kappa shape index (κ2) is 7.76. The van der Waals surface area contributed by atoms with Gasteiger partial charge in [-0.05, 0) is 41.8 Å². The predicted octanol–water partition coefficient (Wildman–Crippen LogP) is 1.78. The molecule has 1 aliphatic rings. The topological polar surface area (TPSA) is 73.1 Å². The molecule has 0 unspecified atom stereocenters. The van der Waals surface area contributed by atoms with Crippen molar-refractivity contribution in [2.75, 3.05) is 24.4 Å². The van der Waals surface area contributed by atoms with Crippen LogP contribution < -0.4 is 4.90 Å². The molecule has 7 nitrogen and oxygen atoms in total. The number of rotatable bonds is 7. The van der Waals surface area contributed by atoms with E-state index in [1.165, 1.54) is 17.3 Å². The highest BCUT2D eigenvalue weighted by Crippen LogP contribution is 2.32. The van der Waals surface area contributed by atoms with Gasteiger partial charge in [0.05, 0.1) is 5.75 Å². The fourth-order valence-electron chi connectivity index (χ4n) is 2.94. The fraction of sp³-hybridized carbons (Fsp3) is 0.500. The minimum Gasteiger partial charge on any atom is -0.385 e. The van der Waals surface area contributed by atoms with Crippen molar-refractivity contribution in [3.8, 4) is 0 Å². The fourth-order valence-corrected chi connectivity index (χ4v) is 3.70. The summed E-state index contributed by atoms with van der Waals surface area (Å²) < 4.78 is 6.76. The number of ether oxygens (including phenoxy) is 1. The van der Waals surface area contributed by atoms with Gasteiger partial charge in [0.2, 0.25) is 11.1 Å². The number of hydrogen-bond donors (Lipinski definition) is 0. The lowest BCUT2D eigenvalue weighted by Gasteiger charge is -2.22. The zero-order valence-electron chi connectivity index (χ0n) is 13.9. The Balaban J connectivity index is 1.61. The average Bonchev–Trinajstić information content (AvgIpc) is 3.16. The number of thioether (sulfide) groups is 1. The van der Waals surface area contributed by atoms with Gasteiger partial charge in [0.1, 0.15) is 0 Å². The van der Waals surface area contributed by atoms with Crippen LogP contribution in [0.15, 0.2) is 29.4 Å². The summed E-state index contributed by atoms with van der Waals surface area (Å²) in [6, 6.07) is 8.27. The summed E-state index contributed by atoms with van der Waals surface area (Å²) in [5.74, 6) is 0.410. The zero-order chi connectivity index (χ0) is 16.9. The number of methoxy groups -OCH3 is 1. The van der Waals surface area contributed by atoms with E-state index in [1.54, 1.807) is 11.8 Å². The normalized spacial score (nSPS) is 16.4. The van der Waals surface area contributed by atoms with Gasteiger partial charge < -0.3 is 9.64 Å². The minimum absolute atomic E-state index is 0.0869. The molecule has 0 bridgehead atoms. The number of benzene rings is 1. The highest BCUT2D eigenvalue weighted by Gasteiger charge is 2.30. The number of tetrazole rings is 1. The van der Waals surface area contributed by atoms with E-state index in [0.29, 0.717) is 24.1 Å². The van der Waals surface area contributed by atoms with Crippen molar-refractivity contribution in [1.82, 2.24) is 20.2 Å². The second-order valence-corrected chi connectivity index (χ2v) is 6.71. The van der Waals surface area contributed by atoms with E-state index in [2.05, 4.69) is 28.5 Å². The summed E-state index contributed by atoms with van der Waals surface area (Å²) in [5, 5.41) is 12.3. The third kappa shape index (κ3) is 3.59. The number of fused-ring (bicyclic) bond motifs is 1. The van der Waals surface area contributed by atoms with Gasteiger partial charge in [-0.2, -0.15) is 0 Å². The standard InChI is InChI=1S/C16H21N5O2S/c1-12-10-13-6-3-4-7-14(13)21(12)15(22)11-24-16-17-18-19-20(16)8-5-9-23-2/h3-4,6-7,12H,5,8-11H2,1-2H3/t12-/m1/s1. The monoisotopic (exact) mass is 347 g/mol. The average molecular weight is 347 g/mol. The van der Waals surface area contributed by atoms with Gasteiger partial charge in [-0.3, -0.25) is 4.79 Å². The lowest BCUT2D eigenvalue weighted by molar-refractivity contribution is -0.116. The van der Waals surface area contributed by atoms with Crippen LogP contribution >= 0.6 is 11.8 Å². The van der Waals surface area contributed by atoms with Crippen molar-refractivity contribution >= 4 is 23.4 Å². The molecule has 0 N–H and O–H groups in total.